The van der Waals surface area contributed by atoms with Crippen molar-refractivity contribution in [2.45, 2.75) is 31.6 Å². The van der Waals surface area contributed by atoms with Crippen LogP contribution in [0.2, 0.25) is 0 Å². The molecule has 0 radical (unpaired) electrons. The first-order valence-corrected chi connectivity index (χ1v) is 8.68. The van der Waals surface area contributed by atoms with Gasteiger partial charge in [-0.25, -0.2) is 4.98 Å². The van der Waals surface area contributed by atoms with Gasteiger partial charge in [0.2, 0.25) is 0 Å². The van der Waals surface area contributed by atoms with Gasteiger partial charge in [0.05, 0.1) is 10.7 Å². The van der Waals surface area contributed by atoms with E-state index in [2.05, 4.69) is 45.6 Å². The van der Waals surface area contributed by atoms with E-state index in [0.717, 1.165) is 27.9 Å². The fraction of sp³-hybridized carbons (Fsp3) is 0.438. The van der Waals surface area contributed by atoms with E-state index < -0.39 is 0 Å². The maximum Gasteiger partial charge on any atom is 0.0966 e. The summed E-state index contributed by atoms with van der Waals surface area (Å²) >= 11 is 5.34. The quantitative estimate of drug-likeness (QED) is 0.709. The molecule has 0 amide bonds. The third-order valence-electron chi connectivity index (χ3n) is 4.72. The van der Waals surface area contributed by atoms with Crippen molar-refractivity contribution in [2.24, 2.45) is 11.8 Å². The third kappa shape index (κ3) is 2.17. The van der Waals surface area contributed by atoms with Gasteiger partial charge in [0.15, 0.2) is 0 Å². The van der Waals surface area contributed by atoms with Crippen LogP contribution in [0.4, 0.5) is 0 Å². The van der Waals surface area contributed by atoms with E-state index in [1.54, 1.807) is 0 Å². The number of benzene rings is 1. The van der Waals surface area contributed by atoms with Crippen LogP contribution < -0.4 is 0 Å². The number of nitrogens with zero attached hydrogens (tertiary/aromatic N) is 1. The molecule has 0 spiro atoms. The molecule has 3 heteroatoms. The predicted octanol–water partition coefficient (Wildman–Crippen LogP) is 5.48. The fourth-order valence-electron chi connectivity index (χ4n) is 3.76. The second kappa shape index (κ2) is 4.71. The van der Waals surface area contributed by atoms with Gasteiger partial charge in [-0.3, -0.25) is 0 Å². The van der Waals surface area contributed by atoms with Gasteiger partial charge in [0.1, 0.15) is 0 Å². The Morgan fingerprint density at radius 3 is 2.63 bits per heavy atom. The number of hydrogen-bond acceptors (Lipinski definition) is 2. The van der Waals surface area contributed by atoms with Gasteiger partial charge in [0.25, 0.3) is 0 Å². The summed E-state index contributed by atoms with van der Waals surface area (Å²) in [5, 5.41) is 3.61. The van der Waals surface area contributed by atoms with Crippen LogP contribution in [0.15, 0.2) is 34.1 Å². The Balaban J connectivity index is 1.61. The van der Waals surface area contributed by atoms with Crippen molar-refractivity contribution < 1.29 is 0 Å². The molecule has 2 aliphatic carbocycles. The Bertz CT molecular complexity index is 589. The minimum absolute atomic E-state index is 0.757. The molecule has 4 rings (SSSR count). The van der Waals surface area contributed by atoms with E-state index in [0.29, 0.717) is 0 Å². The highest BCUT2D eigenvalue weighted by Gasteiger charge is 2.41. The SMILES string of the molecule is Brc1ccc(-c2csc(C3CC4CCC3C4)n2)cc1. The summed E-state index contributed by atoms with van der Waals surface area (Å²) in [6, 6.07) is 8.46. The minimum Gasteiger partial charge on any atom is -0.241 e. The van der Waals surface area contributed by atoms with E-state index in [-0.39, 0.29) is 0 Å². The van der Waals surface area contributed by atoms with Crippen molar-refractivity contribution in [3.8, 4) is 11.3 Å². The molecular weight excluding hydrogens is 318 g/mol. The summed E-state index contributed by atoms with van der Waals surface area (Å²) in [4.78, 5) is 4.91. The molecule has 2 saturated carbocycles. The molecule has 1 heterocycles. The van der Waals surface area contributed by atoms with Crippen molar-refractivity contribution in [1.29, 1.82) is 0 Å². The lowest BCUT2D eigenvalue weighted by Crippen LogP contribution is -2.07. The van der Waals surface area contributed by atoms with Gasteiger partial charge >= 0.3 is 0 Å². The zero-order chi connectivity index (χ0) is 12.8. The Kier molecular flexibility index (Phi) is 3.00. The van der Waals surface area contributed by atoms with Gasteiger partial charge < -0.3 is 0 Å². The van der Waals surface area contributed by atoms with Gasteiger partial charge in [-0.2, -0.15) is 0 Å². The summed E-state index contributed by atoms with van der Waals surface area (Å²) < 4.78 is 1.12. The summed E-state index contributed by atoms with van der Waals surface area (Å²) in [7, 11) is 0. The number of thiazole rings is 1. The second-order valence-corrected chi connectivity index (χ2v) is 7.66. The van der Waals surface area contributed by atoms with Crippen molar-refractivity contribution in [2.75, 3.05) is 0 Å². The molecule has 2 bridgehead atoms. The van der Waals surface area contributed by atoms with Crippen molar-refractivity contribution in [1.82, 2.24) is 4.98 Å². The fourth-order valence-corrected chi connectivity index (χ4v) is 5.06. The predicted molar refractivity (Wildman–Crippen MR) is 83.4 cm³/mol. The zero-order valence-electron chi connectivity index (χ0n) is 10.7. The molecule has 2 aliphatic rings. The summed E-state index contributed by atoms with van der Waals surface area (Å²) in [6.07, 6.45) is 5.74. The highest BCUT2D eigenvalue weighted by Crippen LogP contribution is 2.53. The van der Waals surface area contributed by atoms with Gasteiger partial charge in [-0.15, -0.1) is 11.3 Å². The average Bonchev–Trinajstić information content (AvgIpc) is 3.15. The molecule has 0 N–H and O–H groups in total. The normalized spacial score (nSPS) is 29.0. The molecule has 2 aromatic rings. The van der Waals surface area contributed by atoms with Crippen LogP contribution >= 0.6 is 27.3 Å². The second-order valence-electron chi connectivity index (χ2n) is 5.86. The molecular formula is C16H16BrNS. The van der Waals surface area contributed by atoms with Crippen LogP contribution in [0.25, 0.3) is 11.3 Å². The standard InChI is InChI=1S/C16H16BrNS/c17-13-5-3-11(4-6-13)15-9-19-16(18-15)14-8-10-1-2-12(14)7-10/h3-6,9-10,12,14H,1-2,7-8H2. The maximum absolute atomic E-state index is 4.91. The first-order valence-electron chi connectivity index (χ1n) is 7.01. The zero-order valence-corrected chi connectivity index (χ0v) is 13.1. The van der Waals surface area contributed by atoms with E-state index in [4.69, 9.17) is 4.98 Å². The number of fused-ring (bicyclic) bond motifs is 2. The van der Waals surface area contributed by atoms with E-state index in [9.17, 15) is 0 Å². The summed E-state index contributed by atoms with van der Waals surface area (Å²) in [5.41, 5.74) is 2.38. The molecule has 3 unspecified atom stereocenters. The third-order valence-corrected chi connectivity index (χ3v) is 6.22. The van der Waals surface area contributed by atoms with Crippen LogP contribution in [0, 0.1) is 11.8 Å². The highest BCUT2D eigenvalue weighted by atomic mass is 79.9. The van der Waals surface area contributed by atoms with Crippen molar-refractivity contribution in [3.05, 3.63) is 39.1 Å². The van der Waals surface area contributed by atoms with Crippen LogP contribution in [0.1, 0.15) is 36.6 Å². The van der Waals surface area contributed by atoms with Crippen LogP contribution in [-0.2, 0) is 0 Å². The number of aromatic nitrogens is 1. The first-order chi connectivity index (χ1) is 9.29. The smallest absolute Gasteiger partial charge is 0.0966 e. The maximum atomic E-state index is 4.91. The van der Waals surface area contributed by atoms with Crippen LogP contribution in [-0.4, -0.2) is 4.98 Å². The Morgan fingerprint density at radius 2 is 1.95 bits per heavy atom. The van der Waals surface area contributed by atoms with E-state index in [1.165, 1.54) is 36.3 Å². The van der Waals surface area contributed by atoms with E-state index >= 15 is 0 Å². The monoisotopic (exact) mass is 333 g/mol. The Hall–Kier alpha value is -0.670. The van der Waals surface area contributed by atoms with Gasteiger partial charge in [-0.05, 0) is 43.2 Å². The molecule has 19 heavy (non-hydrogen) atoms. The lowest BCUT2D eigenvalue weighted by Gasteiger charge is -2.18. The number of hydrogen-bond donors (Lipinski definition) is 0. The summed E-state index contributed by atoms with van der Waals surface area (Å²) in [5.74, 6) is 2.68. The topological polar surface area (TPSA) is 12.9 Å². The van der Waals surface area contributed by atoms with Crippen molar-refractivity contribution >= 4 is 27.3 Å². The largest absolute Gasteiger partial charge is 0.241 e. The van der Waals surface area contributed by atoms with Crippen molar-refractivity contribution in [3.63, 3.8) is 0 Å². The lowest BCUT2D eigenvalue weighted by atomic mass is 9.89. The molecule has 2 fully saturated rings. The van der Waals surface area contributed by atoms with Crippen LogP contribution in [0.3, 0.4) is 0 Å². The molecule has 1 nitrogen and oxygen atoms in total. The molecule has 3 atom stereocenters. The number of rotatable bonds is 2. The summed E-state index contributed by atoms with van der Waals surface area (Å²) in [6.45, 7) is 0. The van der Waals surface area contributed by atoms with E-state index in [1.807, 2.05) is 11.3 Å². The van der Waals surface area contributed by atoms with Crippen LogP contribution in [0.5, 0.6) is 0 Å². The van der Waals surface area contributed by atoms with Gasteiger partial charge in [0, 0.05) is 21.3 Å². The minimum atomic E-state index is 0.757. The lowest BCUT2D eigenvalue weighted by molar-refractivity contribution is 0.419. The average molecular weight is 334 g/mol. The highest BCUT2D eigenvalue weighted by molar-refractivity contribution is 9.10. The Morgan fingerprint density at radius 1 is 1.11 bits per heavy atom. The first kappa shape index (κ1) is 12.1. The molecule has 1 aromatic carbocycles. The molecule has 1 aromatic heterocycles. The molecule has 0 aliphatic heterocycles. The Labute approximate surface area is 126 Å². The molecule has 0 saturated heterocycles. The van der Waals surface area contributed by atoms with Gasteiger partial charge in [-0.1, -0.05) is 34.5 Å². The molecule has 98 valence electrons. The number of halogens is 1.